The Balaban J connectivity index is 3.11. The number of ether oxygens (including phenoxy) is 1. The zero-order valence-electron chi connectivity index (χ0n) is 9.24. The van der Waals surface area contributed by atoms with Crippen LogP contribution >= 0.6 is 0 Å². The topological polar surface area (TPSA) is 55.5 Å². The lowest BCUT2D eigenvalue weighted by Crippen LogP contribution is -2.46. The van der Waals surface area contributed by atoms with E-state index in [-0.39, 0.29) is 0 Å². The summed E-state index contributed by atoms with van der Waals surface area (Å²) in [6.45, 7) is 0.0588. The predicted octanol–water partition coefficient (Wildman–Crippen LogP) is 1.47. The molecule has 0 spiro atoms. The van der Waals surface area contributed by atoms with Crippen LogP contribution in [0, 0.1) is 29.1 Å². The zero-order chi connectivity index (χ0) is 14.1. The van der Waals surface area contributed by atoms with E-state index in [4.69, 9.17) is 10.8 Å². The Morgan fingerprint density at radius 2 is 1.39 bits per heavy atom. The zero-order valence-corrected chi connectivity index (χ0v) is 9.24. The molecule has 1 aromatic carbocycles. The Labute approximate surface area is 99.0 Å². The monoisotopic (exact) mass is 271 g/mol. The minimum absolute atomic E-state index is 0.595. The number of hydrogen-bond acceptors (Lipinski definition) is 3. The first-order valence-corrected chi connectivity index (χ1v) is 4.75. The predicted molar refractivity (Wildman–Crippen MR) is 51.4 cm³/mol. The summed E-state index contributed by atoms with van der Waals surface area (Å²) < 4.78 is 69.0. The van der Waals surface area contributed by atoms with E-state index in [2.05, 4.69) is 4.74 Å². The van der Waals surface area contributed by atoms with Crippen molar-refractivity contribution in [2.75, 3.05) is 13.2 Å². The Kier molecular flexibility index (Phi) is 4.12. The van der Waals surface area contributed by atoms with Crippen molar-refractivity contribution in [1.29, 1.82) is 0 Å². The fourth-order valence-electron chi connectivity index (χ4n) is 0.994. The van der Waals surface area contributed by atoms with Gasteiger partial charge in [-0.05, 0) is 6.92 Å². The first kappa shape index (κ1) is 14.7. The molecule has 0 saturated carbocycles. The molecule has 3 N–H and O–H groups in total. The molecule has 0 aliphatic heterocycles. The van der Waals surface area contributed by atoms with Crippen LogP contribution in [0.15, 0.2) is 0 Å². The summed E-state index contributed by atoms with van der Waals surface area (Å²) in [4.78, 5) is 0. The number of hydrogen-bond donors (Lipinski definition) is 2. The third-order valence-corrected chi connectivity index (χ3v) is 2.08. The highest BCUT2D eigenvalue weighted by Crippen LogP contribution is 2.29. The van der Waals surface area contributed by atoms with Crippen LogP contribution in [0.25, 0.3) is 0 Å². The van der Waals surface area contributed by atoms with Gasteiger partial charge in [-0.2, -0.15) is 8.78 Å². The fourth-order valence-corrected chi connectivity index (χ4v) is 0.994. The number of nitrogens with two attached hydrogens (primary N) is 1. The molecule has 0 amide bonds. The van der Waals surface area contributed by atoms with Gasteiger partial charge in [-0.15, -0.1) is 0 Å². The molecule has 0 aliphatic rings. The highest BCUT2D eigenvalue weighted by atomic mass is 19.2. The van der Waals surface area contributed by atoms with Crippen molar-refractivity contribution >= 4 is 0 Å². The largest absolute Gasteiger partial charge is 0.485 e. The van der Waals surface area contributed by atoms with Gasteiger partial charge in [0.25, 0.3) is 0 Å². The number of aliphatic hydroxyl groups is 1. The maximum absolute atomic E-state index is 13.1. The van der Waals surface area contributed by atoms with E-state index in [9.17, 15) is 22.0 Å². The third-order valence-electron chi connectivity index (χ3n) is 2.08. The fraction of sp³-hybridized carbons (Fsp3) is 0.400. The van der Waals surface area contributed by atoms with E-state index >= 15 is 0 Å². The van der Waals surface area contributed by atoms with Crippen molar-refractivity contribution < 1.29 is 31.8 Å². The molecule has 0 aromatic heterocycles. The lowest BCUT2D eigenvalue weighted by molar-refractivity contribution is 0.137. The molecule has 0 bridgehead atoms. The number of halogens is 5. The van der Waals surface area contributed by atoms with Gasteiger partial charge in [-0.1, -0.05) is 0 Å². The van der Waals surface area contributed by atoms with Crippen LogP contribution < -0.4 is 10.5 Å². The Morgan fingerprint density at radius 3 is 1.78 bits per heavy atom. The summed E-state index contributed by atoms with van der Waals surface area (Å²) in [6, 6.07) is 0. The SMILES string of the molecule is CC(N)(CO)COc1c(F)c(F)c(F)c(F)c1F. The van der Waals surface area contributed by atoms with E-state index in [0.29, 0.717) is 0 Å². The van der Waals surface area contributed by atoms with Gasteiger partial charge in [-0.3, -0.25) is 0 Å². The van der Waals surface area contributed by atoms with Crippen LogP contribution in [0.2, 0.25) is 0 Å². The van der Waals surface area contributed by atoms with E-state index in [1.54, 1.807) is 0 Å². The molecule has 18 heavy (non-hydrogen) atoms. The summed E-state index contributed by atoms with van der Waals surface area (Å²) in [5.74, 6) is -12.1. The van der Waals surface area contributed by atoms with E-state index in [0.717, 1.165) is 0 Å². The van der Waals surface area contributed by atoms with Gasteiger partial charge in [0.05, 0.1) is 12.1 Å². The maximum Gasteiger partial charge on any atom is 0.206 e. The second kappa shape index (κ2) is 5.07. The normalized spacial score (nSPS) is 14.4. The summed E-state index contributed by atoms with van der Waals surface area (Å²) in [7, 11) is 0. The molecule has 1 aromatic rings. The molecule has 0 heterocycles. The van der Waals surface area contributed by atoms with Gasteiger partial charge in [0.15, 0.2) is 5.75 Å². The second-order valence-corrected chi connectivity index (χ2v) is 4.00. The summed E-state index contributed by atoms with van der Waals surface area (Å²) in [5.41, 5.74) is 4.01. The molecule has 1 rings (SSSR count). The van der Waals surface area contributed by atoms with Crippen LogP contribution in [0.5, 0.6) is 5.75 Å². The standard InChI is InChI=1S/C10H10F5NO2/c1-10(16,2-17)3-18-9-7(14)5(12)4(11)6(13)8(9)15/h17H,2-3,16H2,1H3. The molecule has 8 heteroatoms. The summed E-state index contributed by atoms with van der Waals surface area (Å²) in [6.07, 6.45) is 0. The first-order chi connectivity index (χ1) is 8.21. The van der Waals surface area contributed by atoms with Crippen molar-refractivity contribution in [2.45, 2.75) is 12.5 Å². The van der Waals surface area contributed by atoms with Gasteiger partial charge in [-0.25, -0.2) is 13.2 Å². The van der Waals surface area contributed by atoms with Crippen LogP contribution in [0.4, 0.5) is 22.0 Å². The molecule has 1 atom stereocenters. The molecule has 102 valence electrons. The highest BCUT2D eigenvalue weighted by Gasteiger charge is 2.28. The average molecular weight is 271 g/mol. The van der Waals surface area contributed by atoms with E-state index < -0.39 is 53.6 Å². The summed E-state index contributed by atoms with van der Waals surface area (Å²) in [5, 5.41) is 8.76. The number of aliphatic hydroxyl groups excluding tert-OH is 1. The quantitative estimate of drug-likeness (QED) is 0.495. The van der Waals surface area contributed by atoms with Gasteiger partial charge in [0.1, 0.15) is 6.61 Å². The minimum Gasteiger partial charge on any atom is -0.485 e. The third kappa shape index (κ3) is 2.70. The van der Waals surface area contributed by atoms with Crippen LogP contribution in [0.1, 0.15) is 6.92 Å². The van der Waals surface area contributed by atoms with Crippen LogP contribution in [-0.4, -0.2) is 23.9 Å². The average Bonchev–Trinajstić information content (AvgIpc) is 2.34. The Hall–Kier alpha value is -1.41. The van der Waals surface area contributed by atoms with Crippen molar-refractivity contribution in [1.82, 2.24) is 0 Å². The minimum atomic E-state index is -2.27. The van der Waals surface area contributed by atoms with Gasteiger partial charge >= 0.3 is 0 Å². The van der Waals surface area contributed by atoms with Crippen molar-refractivity contribution in [3.05, 3.63) is 29.1 Å². The number of rotatable bonds is 4. The van der Waals surface area contributed by atoms with E-state index in [1.165, 1.54) is 6.92 Å². The van der Waals surface area contributed by atoms with Crippen molar-refractivity contribution in [3.8, 4) is 5.75 Å². The number of benzene rings is 1. The maximum atomic E-state index is 13.1. The molecular formula is C10H10F5NO2. The van der Waals surface area contributed by atoms with Crippen molar-refractivity contribution in [2.24, 2.45) is 5.73 Å². The van der Waals surface area contributed by atoms with Gasteiger partial charge in [0, 0.05) is 0 Å². The van der Waals surface area contributed by atoms with E-state index in [1.807, 2.05) is 0 Å². The van der Waals surface area contributed by atoms with Crippen LogP contribution in [0.3, 0.4) is 0 Å². The Bertz CT molecular complexity index is 435. The summed E-state index contributed by atoms with van der Waals surface area (Å²) >= 11 is 0. The Morgan fingerprint density at radius 1 is 1.00 bits per heavy atom. The van der Waals surface area contributed by atoms with Gasteiger partial charge < -0.3 is 15.6 Å². The lowest BCUT2D eigenvalue weighted by Gasteiger charge is -2.22. The molecule has 0 fully saturated rings. The first-order valence-electron chi connectivity index (χ1n) is 4.75. The highest BCUT2D eigenvalue weighted by molar-refractivity contribution is 5.29. The molecule has 0 radical (unpaired) electrons. The van der Waals surface area contributed by atoms with Crippen LogP contribution in [-0.2, 0) is 0 Å². The molecular weight excluding hydrogens is 261 g/mol. The van der Waals surface area contributed by atoms with Crippen molar-refractivity contribution in [3.63, 3.8) is 0 Å². The van der Waals surface area contributed by atoms with Gasteiger partial charge in [0.2, 0.25) is 29.1 Å². The molecule has 0 aliphatic carbocycles. The lowest BCUT2D eigenvalue weighted by atomic mass is 10.1. The molecule has 1 unspecified atom stereocenters. The molecule has 0 saturated heterocycles. The smallest absolute Gasteiger partial charge is 0.206 e. The molecule has 3 nitrogen and oxygen atoms in total. The second-order valence-electron chi connectivity index (χ2n) is 4.00.